The number of guanidine groups is 1. The minimum Gasteiger partial charge on any atom is -0.385 e. The number of ether oxygens (including phenoxy) is 1. The van der Waals surface area contributed by atoms with Crippen LogP contribution in [-0.2, 0) is 4.74 Å². The van der Waals surface area contributed by atoms with Crippen LogP contribution in [0.5, 0.6) is 0 Å². The Morgan fingerprint density at radius 3 is 2.40 bits per heavy atom. The Balaban J connectivity index is 0.00000200. The van der Waals surface area contributed by atoms with Crippen molar-refractivity contribution in [3.05, 3.63) is 0 Å². The van der Waals surface area contributed by atoms with E-state index in [0.29, 0.717) is 5.41 Å². The highest BCUT2D eigenvalue weighted by Gasteiger charge is 2.33. The second-order valence-corrected chi connectivity index (χ2v) is 6.17. The van der Waals surface area contributed by atoms with Gasteiger partial charge in [0.05, 0.1) is 0 Å². The van der Waals surface area contributed by atoms with E-state index in [0.717, 1.165) is 38.6 Å². The van der Waals surface area contributed by atoms with Gasteiger partial charge in [-0.2, -0.15) is 0 Å². The van der Waals surface area contributed by atoms with Crippen molar-refractivity contribution >= 4 is 29.9 Å². The monoisotopic (exact) mass is 395 g/mol. The van der Waals surface area contributed by atoms with Crippen molar-refractivity contribution in [2.24, 2.45) is 16.1 Å². The maximum absolute atomic E-state index is 6.16. The minimum atomic E-state index is 0. The van der Waals surface area contributed by atoms with Crippen LogP contribution < -0.4 is 5.73 Å². The second kappa shape index (κ2) is 9.07. The van der Waals surface area contributed by atoms with Crippen molar-refractivity contribution in [2.45, 2.75) is 51.4 Å². The van der Waals surface area contributed by atoms with Crippen LogP contribution in [0.1, 0.15) is 51.4 Å². The van der Waals surface area contributed by atoms with Crippen LogP contribution >= 0.6 is 24.0 Å². The molecule has 1 saturated heterocycles. The summed E-state index contributed by atoms with van der Waals surface area (Å²) in [4.78, 5) is 6.97. The fourth-order valence-electron chi connectivity index (χ4n) is 3.40. The minimum absolute atomic E-state index is 0. The molecule has 1 aliphatic heterocycles. The van der Waals surface area contributed by atoms with Crippen LogP contribution in [-0.4, -0.2) is 44.2 Å². The summed E-state index contributed by atoms with van der Waals surface area (Å²) in [6.45, 7) is 3.90. The number of likely N-dealkylation sites (tertiary alicyclic amines) is 1. The van der Waals surface area contributed by atoms with Crippen LogP contribution in [0.15, 0.2) is 4.99 Å². The van der Waals surface area contributed by atoms with E-state index in [1.165, 1.54) is 44.9 Å². The summed E-state index contributed by atoms with van der Waals surface area (Å²) in [6.07, 6.45) is 10.2. The lowest BCUT2D eigenvalue weighted by Crippen LogP contribution is -2.41. The predicted molar refractivity (Wildman–Crippen MR) is 94.7 cm³/mol. The Hall–Kier alpha value is -0.0400. The fraction of sp³-hybridized carbons (Fsp3) is 0.933. The average molecular weight is 395 g/mol. The number of nitrogens with two attached hydrogens (primary N) is 1. The first-order chi connectivity index (χ1) is 9.26. The van der Waals surface area contributed by atoms with Gasteiger partial charge in [0.15, 0.2) is 5.96 Å². The lowest BCUT2D eigenvalue weighted by Gasteiger charge is -2.30. The van der Waals surface area contributed by atoms with Gasteiger partial charge >= 0.3 is 0 Å². The summed E-state index contributed by atoms with van der Waals surface area (Å²) < 4.78 is 5.26. The number of aliphatic imine (C=N–C) groups is 1. The zero-order chi connectivity index (χ0) is 13.6. The molecule has 1 aliphatic carbocycles. The molecule has 4 nitrogen and oxygen atoms in total. The van der Waals surface area contributed by atoms with Crippen LogP contribution in [0.3, 0.4) is 0 Å². The Labute approximate surface area is 140 Å². The molecule has 0 radical (unpaired) electrons. The van der Waals surface area contributed by atoms with Gasteiger partial charge in [-0.1, -0.05) is 12.8 Å². The van der Waals surface area contributed by atoms with E-state index in [1.54, 1.807) is 7.11 Å². The van der Waals surface area contributed by atoms with E-state index in [1.807, 2.05) is 0 Å². The van der Waals surface area contributed by atoms with Gasteiger partial charge in [0, 0.05) is 33.4 Å². The molecule has 0 atom stereocenters. The number of methoxy groups -OCH3 is 1. The highest BCUT2D eigenvalue weighted by Crippen LogP contribution is 2.41. The molecular weight excluding hydrogens is 365 g/mol. The molecule has 0 unspecified atom stereocenters. The molecule has 2 rings (SSSR count). The van der Waals surface area contributed by atoms with Crippen LogP contribution in [0.25, 0.3) is 0 Å². The van der Waals surface area contributed by atoms with Crippen molar-refractivity contribution < 1.29 is 4.74 Å². The Morgan fingerprint density at radius 2 is 1.80 bits per heavy atom. The van der Waals surface area contributed by atoms with Crippen molar-refractivity contribution in [1.29, 1.82) is 0 Å². The van der Waals surface area contributed by atoms with Crippen molar-refractivity contribution in [3.63, 3.8) is 0 Å². The molecule has 0 aromatic heterocycles. The standard InChI is InChI=1S/C15H29N3O.HI/c1-19-12-9-15(7-3-4-8-15)13-17-14(16)18-10-5-2-6-11-18;/h2-13H2,1H3,(H2,16,17);1H. The van der Waals surface area contributed by atoms with Crippen molar-refractivity contribution in [3.8, 4) is 0 Å². The van der Waals surface area contributed by atoms with Crippen LogP contribution in [0.4, 0.5) is 0 Å². The van der Waals surface area contributed by atoms with Crippen LogP contribution in [0, 0.1) is 5.41 Å². The third kappa shape index (κ3) is 5.06. The maximum atomic E-state index is 6.16. The van der Waals surface area contributed by atoms with E-state index < -0.39 is 0 Å². The van der Waals surface area contributed by atoms with Gasteiger partial charge in [0.25, 0.3) is 0 Å². The first-order valence-electron chi connectivity index (χ1n) is 7.80. The molecule has 20 heavy (non-hydrogen) atoms. The summed E-state index contributed by atoms with van der Waals surface area (Å²) in [6, 6.07) is 0. The molecule has 1 heterocycles. The topological polar surface area (TPSA) is 50.9 Å². The summed E-state index contributed by atoms with van der Waals surface area (Å²) in [5.74, 6) is 0.767. The van der Waals surface area contributed by atoms with Crippen molar-refractivity contribution in [1.82, 2.24) is 4.90 Å². The van der Waals surface area contributed by atoms with E-state index in [9.17, 15) is 0 Å². The molecular formula is C15H30IN3O. The highest BCUT2D eigenvalue weighted by atomic mass is 127. The average Bonchev–Trinajstić information content (AvgIpc) is 2.93. The fourth-order valence-corrected chi connectivity index (χ4v) is 3.40. The number of hydrogen-bond acceptors (Lipinski definition) is 2. The van der Waals surface area contributed by atoms with E-state index in [2.05, 4.69) is 4.90 Å². The lowest BCUT2D eigenvalue weighted by molar-refractivity contribution is 0.141. The molecule has 0 spiro atoms. The van der Waals surface area contributed by atoms with Gasteiger partial charge in [-0.15, -0.1) is 24.0 Å². The summed E-state index contributed by atoms with van der Waals surface area (Å²) in [5, 5.41) is 0. The van der Waals surface area contributed by atoms with E-state index in [4.69, 9.17) is 15.5 Å². The molecule has 0 aromatic carbocycles. The van der Waals surface area contributed by atoms with Gasteiger partial charge in [0.1, 0.15) is 0 Å². The predicted octanol–water partition coefficient (Wildman–Crippen LogP) is 3.00. The zero-order valence-corrected chi connectivity index (χ0v) is 15.1. The summed E-state index contributed by atoms with van der Waals surface area (Å²) in [5.41, 5.74) is 6.52. The van der Waals surface area contributed by atoms with Gasteiger partial charge in [-0.3, -0.25) is 4.99 Å². The van der Waals surface area contributed by atoms with Gasteiger partial charge < -0.3 is 15.4 Å². The second-order valence-electron chi connectivity index (χ2n) is 6.17. The third-order valence-electron chi connectivity index (χ3n) is 4.76. The Morgan fingerprint density at radius 1 is 1.15 bits per heavy atom. The molecule has 0 aromatic rings. The third-order valence-corrected chi connectivity index (χ3v) is 4.76. The number of rotatable bonds is 5. The van der Waals surface area contributed by atoms with E-state index >= 15 is 0 Å². The number of halogens is 1. The molecule has 2 aliphatic rings. The number of hydrogen-bond donors (Lipinski definition) is 1. The zero-order valence-electron chi connectivity index (χ0n) is 12.8. The van der Waals surface area contributed by atoms with Gasteiger partial charge in [-0.05, 0) is 43.9 Å². The first-order valence-corrected chi connectivity index (χ1v) is 7.80. The van der Waals surface area contributed by atoms with Gasteiger partial charge in [0.2, 0.25) is 0 Å². The quantitative estimate of drug-likeness (QED) is 0.442. The molecule has 5 heteroatoms. The molecule has 0 bridgehead atoms. The SMILES string of the molecule is COCCC1(CN=C(N)N2CCCCC2)CCCC1.I. The molecule has 2 fully saturated rings. The van der Waals surface area contributed by atoms with Crippen LogP contribution in [0.2, 0.25) is 0 Å². The molecule has 118 valence electrons. The number of nitrogens with zero attached hydrogens (tertiary/aromatic N) is 2. The number of piperidine rings is 1. The summed E-state index contributed by atoms with van der Waals surface area (Å²) >= 11 is 0. The smallest absolute Gasteiger partial charge is 0.191 e. The molecule has 2 N–H and O–H groups in total. The first kappa shape index (κ1) is 18.0. The maximum Gasteiger partial charge on any atom is 0.191 e. The molecule has 0 amide bonds. The Kier molecular flexibility index (Phi) is 8.17. The lowest BCUT2D eigenvalue weighted by atomic mass is 9.83. The highest BCUT2D eigenvalue weighted by molar-refractivity contribution is 14.0. The normalized spacial score (nSPS) is 22.6. The van der Waals surface area contributed by atoms with E-state index in [-0.39, 0.29) is 24.0 Å². The van der Waals surface area contributed by atoms with Gasteiger partial charge in [-0.25, -0.2) is 0 Å². The molecule has 1 saturated carbocycles. The largest absolute Gasteiger partial charge is 0.385 e. The Bertz CT molecular complexity index is 297. The van der Waals surface area contributed by atoms with Crippen molar-refractivity contribution in [2.75, 3.05) is 33.4 Å². The summed E-state index contributed by atoms with van der Waals surface area (Å²) in [7, 11) is 1.79.